The third-order valence-electron chi connectivity index (χ3n) is 3.08. The molecule has 1 amide bonds. The summed E-state index contributed by atoms with van der Waals surface area (Å²) in [5.74, 6) is 0.922. The lowest BCUT2D eigenvalue weighted by molar-refractivity contribution is 0.0917. The number of hydrogen-bond acceptors (Lipinski definition) is 4. The zero-order chi connectivity index (χ0) is 16.8. The zero-order valence-electron chi connectivity index (χ0n) is 13.4. The minimum absolute atomic E-state index is 0.0997. The van der Waals surface area contributed by atoms with Gasteiger partial charge in [0.05, 0.1) is 6.61 Å². The van der Waals surface area contributed by atoms with Crippen LogP contribution in [-0.2, 0) is 17.1 Å². The van der Waals surface area contributed by atoms with Crippen LogP contribution in [0.1, 0.15) is 22.8 Å². The fourth-order valence-corrected chi connectivity index (χ4v) is 2.43. The SMILES string of the molecule is COC[C@H](C)Oc1cc(CBr)cc(C(=O)Nc2ccn(C)n2)c1. The van der Waals surface area contributed by atoms with Gasteiger partial charge in [-0.15, -0.1) is 0 Å². The molecule has 2 rings (SSSR count). The Morgan fingerprint density at radius 1 is 1.43 bits per heavy atom. The molecule has 0 radical (unpaired) electrons. The van der Waals surface area contributed by atoms with E-state index in [1.54, 1.807) is 37.2 Å². The van der Waals surface area contributed by atoms with E-state index in [4.69, 9.17) is 9.47 Å². The minimum Gasteiger partial charge on any atom is -0.488 e. The highest BCUT2D eigenvalue weighted by atomic mass is 79.9. The Morgan fingerprint density at radius 3 is 2.83 bits per heavy atom. The number of halogens is 1. The number of aromatic nitrogens is 2. The van der Waals surface area contributed by atoms with Crippen LogP contribution in [0.3, 0.4) is 0 Å². The number of anilines is 1. The van der Waals surface area contributed by atoms with Crippen LogP contribution in [0.15, 0.2) is 30.5 Å². The maximum Gasteiger partial charge on any atom is 0.257 e. The van der Waals surface area contributed by atoms with Crippen LogP contribution in [-0.4, -0.2) is 35.5 Å². The van der Waals surface area contributed by atoms with Crippen molar-refractivity contribution >= 4 is 27.7 Å². The van der Waals surface area contributed by atoms with E-state index < -0.39 is 0 Å². The van der Waals surface area contributed by atoms with Gasteiger partial charge in [-0.1, -0.05) is 15.9 Å². The number of nitrogens with zero attached hydrogens (tertiary/aromatic N) is 2. The van der Waals surface area contributed by atoms with Crippen LogP contribution in [0.2, 0.25) is 0 Å². The van der Waals surface area contributed by atoms with E-state index in [-0.39, 0.29) is 12.0 Å². The first-order valence-electron chi connectivity index (χ1n) is 7.18. The summed E-state index contributed by atoms with van der Waals surface area (Å²) in [6, 6.07) is 7.18. The van der Waals surface area contributed by atoms with Gasteiger partial charge in [0, 0.05) is 37.3 Å². The van der Waals surface area contributed by atoms with E-state index in [1.807, 2.05) is 19.1 Å². The van der Waals surface area contributed by atoms with E-state index in [1.165, 1.54) is 0 Å². The Labute approximate surface area is 143 Å². The molecule has 0 fully saturated rings. The maximum absolute atomic E-state index is 12.4. The first-order chi connectivity index (χ1) is 11.0. The predicted molar refractivity (Wildman–Crippen MR) is 92.2 cm³/mol. The second kappa shape index (κ2) is 8.12. The number of carbonyl (C=O) groups excluding carboxylic acids is 1. The molecule has 1 atom stereocenters. The van der Waals surface area contributed by atoms with Crippen LogP contribution in [0.4, 0.5) is 5.82 Å². The highest BCUT2D eigenvalue weighted by Crippen LogP contribution is 2.21. The molecule has 1 N–H and O–H groups in total. The molecule has 7 heteroatoms. The minimum atomic E-state index is -0.226. The number of hydrogen-bond donors (Lipinski definition) is 1. The summed E-state index contributed by atoms with van der Waals surface area (Å²) < 4.78 is 12.5. The Balaban J connectivity index is 2.17. The lowest BCUT2D eigenvalue weighted by atomic mass is 10.1. The van der Waals surface area contributed by atoms with Crippen molar-refractivity contribution in [3.8, 4) is 5.75 Å². The number of methoxy groups -OCH3 is 1. The summed E-state index contributed by atoms with van der Waals surface area (Å²) in [4.78, 5) is 12.4. The molecule has 23 heavy (non-hydrogen) atoms. The molecule has 0 bridgehead atoms. The van der Waals surface area contributed by atoms with Crippen molar-refractivity contribution in [2.45, 2.75) is 18.4 Å². The van der Waals surface area contributed by atoms with Crippen molar-refractivity contribution in [3.63, 3.8) is 0 Å². The van der Waals surface area contributed by atoms with Crippen molar-refractivity contribution in [1.82, 2.24) is 9.78 Å². The third-order valence-corrected chi connectivity index (χ3v) is 3.72. The molecule has 124 valence electrons. The first kappa shape index (κ1) is 17.5. The topological polar surface area (TPSA) is 65.4 Å². The van der Waals surface area contributed by atoms with Gasteiger partial charge in [0.2, 0.25) is 0 Å². The summed E-state index contributed by atoms with van der Waals surface area (Å²) in [6.45, 7) is 2.39. The standard InChI is InChI=1S/C16H20BrN3O3/c1-11(10-22-3)23-14-7-12(9-17)6-13(8-14)16(21)18-15-4-5-20(2)19-15/h4-8,11H,9-10H2,1-3H3,(H,18,19,21)/t11-/m0/s1. The van der Waals surface area contributed by atoms with Gasteiger partial charge in [0.15, 0.2) is 5.82 Å². The van der Waals surface area contributed by atoms with E-state index in [2.05, 4.69) is 26.3 Å². The van der Waals surface area contributed by atoms with Crippen molar-refractivity contribution in [3.05, 3.63) is 41.6 Å². The van der Waals surface area contributed by atoms with E-state index in [0.717, 1.165) is 5.56 Å². The maximum atomic E-state index is 12.4. The average molecular weight is 382 g/mol. The molecule has 0 aliphatic heterocycles. The first-order valence-corrected chi connectivity index (χ1v) is 8.30. The molecule has 0 spiro atoms. The van der Waals surface area contributed by atoms with E-state index in [0.29, 0.717) is 29.1 Å². The monoisotopic (exact) mass is 381 g/mol. The van der Waals surface area contributed by atoms with Crippen molar-refractivity contribution in [2.24, 2.45) is 7.05 Å². The number of amides is 1. The van der Waals surface area contributed by atoms with Gasteiger partial charge in [-0.3, -0.25) is 9.48 Å². The van der Waals surface area contributed by atoms with Crippen molar-refractivity contribution in [2.75, 3.05) is 19.0 Å². The molecule has 0 unspecified atom stereocenters. The Bertz CT molecular complexity index is 672. The Morgan fingerprint density at radius 2 is 2.22 bits per heavy atom. The summed E-state index contributed by atoms with van der Waals surface area (Å²) in [7, 11) is 3.42. The second-order valence-corrected chi connectivity index (χ2v) is 5.77. The van der Waals surface area contributed by atoms with Crippen LogP contribution < -0.4 is 10.1 Å². The van der Waals surface area contributed by atoms with Crippen LogP contribution in [0.5, 0.6) is 5.75 Å². The van der Waals surface area contributed by atoms with Crippen molar-refractivity contribution < 1.29 is 14.3 Å². The Kier molecular flexibility index (Phi) is 6.18. The molecular formula is C16H20BrN3O3. The number of ether oxygens (including phenoxy) is 2. The number of alkyl halides is 1. The van der Waals surface area contributed by atoms with Gasteiger partial charge in [-0.2, -0.15) is 5.10 Å². The number of nitrogens with one attached hydrogen (secondary N) is 1. The summed E-state index contributed by atoms with van der Waals surface area (Å²) in [6.07, 6.45) is 1.67. The molecule has 6 nitrogen and oxygen atoms in total. The number of rotatable bonds is 7. The normalized spacial score (nSPS) is 12.0. The molecule has 0 aliphatic carbocycles. The zero-order valence-corrected chi connectivity index (χ0v) is 15.0. The summed E-state index contributed by atoms with van der Waals surface area (Å²) in [5.41, 5.74) is 1.48. The number of aryl methyl sites for hydroxylation is 1. The lowest BCUT2D eigenvalue weighted by Crippen LogP contribution is -2.19. The number of carbonyl (C=O) groups is 1. The third kappa shape index (κ3) is 5.07. The quantitative estimate of drug-likeness (QED) is 0.748. The molecule has 2 aromatic rings. The summed E-state index contributed by atoms with van der Waals surface area (Å²) >= 11 is 3.41. The van der Waals surface area contributed by atoms with E-state index >= 15 is 0 Å². The number of benzene rings is 1. The van der Waals surface area contributed by atoms with Crippen LogP contribution in [0, 0.1) is 0 Å². The van der Waals surface area contributed by atoms with Gasteiger partial charge < -0.3 is 14.8 Å². The summed E-state index contributed by atoms with van der Waals surface area (Å²) in [5, 5.41) is 7.54. The van der Waals surface area contributed by atoms with Gasteiger partial charge in [-0.05, 0) is 30.7 Å². The fraction of sp³-hybridized carbons (Fsp3) is 0.375. The van der Waals surface area contributed by atoms with Gasteiger partial charge in [-0.25, -0.2) is 0 Å². The van der Waals surface area contributed by atoms with Crippen molar-refractivity contribution in [1.29, 1.82) is 0 Å². The van der Waals surface area contributed by atoms with Crippen LogP contribution in [0.25, 0.3) is 0 Å². The van der Waals surface area contributed by atoms with Gasteiger partial charge in [0.1, 0.15) is 11.9 Å². The molecular weight excluding hydrogens is 362 g/mol. The molecule has 0 aliphatic rings. The predicted octanol–water partition coefficient (Wildman–Crippen LogP) is 2.98. The molecule has 1 aromatic heterocycles. The molecule has 0 saturated carbocycles. The van der Waals surface area contributed by atoms with Gasteiger partial charge >= 0.3 is 0 Å². The van der Waals surface area contributed by atoms with Gasteiger partial charge in [0.25, 0.3) is 5.91 Å². The Hall–Kier alpha value is -1.86. The molecule has 1 heterocycles. The highest BCUT2D eigenvalue weighted by molar-refractivity contribution is 9.08. The largest absolute Gasteiger partial charge is 0.488 e. The lowest BCUT2D eigenvalue weighted by Gasteiger charge is -2.15. The fourth-order valence-electron chi connectivity index (χ4n) is 2.11. The second-order valence-electron chi connectivity index (χ2n) is 5.21. The highest BCUT2D eigenvalue weighted by Gasteiger charge is 2.12. The smallest absolute Gasteiger partial charge is 0.257 e. The molecule has 0 saturated heterocycles. The molecule has 1 aromatic carbocycles. The van der Waals surface area contributed by atoms with Crippen LogP contribution >= 0.6 is 15.9 Å². The average Bonchev–Trinajstić information content (AvgIpc) is 2.92. The van der Waals surface area contributed by atoms with E-state index in [9.17, 15) is 4.79 Å².